The molecule has 1 amide bonds. The third kappa shape index (κ3) is 4.10. The minimum atomic E-state index is -0.213. The van der Waals surface area contributed by atoms with Crippen LogP contribution < -0.4 is 14.8 Å². The van der Waals surface area contributed by atoms with E-state index in [1.807, 2.05) is 47.2 Å². The maximum atomic E-state index is 12.1. The summed E-state index contributed by atoms with van der Waals surface area (Å²) >= 11 is 0. The standard InChI is InChI=1S/C20H19N3O3/c1-25-18-9-3-15(13-19(18)26-2)4-10-20(24)22-16-5-7-17(8-6-16)23-12-11-21-14-23/h3-14H,1-2H3,(H,22,24)/b10-4+. The van der Waals surface area contributed by atoms with Gasteiger partial charge in [-0.3, -0.25) is 4.79 Å². The summed E-state index contributed by atoms with van der Waals surface area (Å²) in [6, 6.07) is 13.0. The van der Waals surface area contributed by atoms with Crippen LogP contribution in [-0.4, -0.2) is 29.7 Å². The van der Waals surface area contributed by atoms with E-state index in [1.54, 1.807) is 38.9 Å². The second kappa shape index (κ2) is 8.02. The molecule has 1 aromatic heterocycles. The lowest BCUT2D eigenvalue weighted by Gasteiger charge is -2.07. The van der Waals surface area contributed by atoms with Crippen molar-refractivity contribution in [2.24, 2.45) is 0 Å². The Morgan fingerprint density at radius 3 is 2.50 bits per heavy atom. The van der Waals surface area contributed by atoms with Crippen molar-refractivity contribution < 1.29 is 14.3 Å². The number of hydrogen-bond acceptors (Lipinski definition) is 4. The summed E-state index contributed by atoms with van der Waals surface area (Å²) in [4.78, 5) is 16.1. The van der Waals surface area contributed by atoms with E-state index < -0.39 is 0 Å². The molecule has 26 heavy (non-hydrogen) atoms. The number of methoxy groups -OCH3 is 2. The number of carbonyl (C=O) groups excluding carboxylic acids is 1. The Morgan fingerprint density at radius 2 is 1.85 bits per heavy atom. The first kappa shape index (κ1) is 17.3. The van der Waals surface area contributed by atoms with Crippen molar-refractivity contribution in [2.45, 2.75) is 0 Å². The SMILES string of the molecule is COc1ccc(/C=C/C(=O)Nc2ccc(-n3ccnc3)cc2)cc1OC. The van der Waals surface area contributed by atoms with Gasteiger partial charge in [-0.25, -0.2) is 4.98 Å². The first-order valence-corrected chi connectivity index (χ1v) is 7.99. The highest BCUT2D eigenvalue weighted by Gasteiger charge is 2.04. The molecule has 0 aliphatic carbocycles. The molecule has 1 heterocycles. The van der Waals surface area contributed by atoms with Gasteiger partial charge in [0.1, 0.15) is 0 Å². The summed E-state index contributed by atoms with van der Waals surface area (Å²) in [7, 11) is 3.16. The van der Waals surface area contributed by atoms with Gasteiger partial charge in [-0.2, -0.15) is 0 Å². The largest absolute Gasteiger partial charge is 0.493 e. The van der Waals surface area contributed by atoms with Crippen LogP contribution in [-0.2, 0) is 4.79 Å². The molecule has 0 bridgehead atoms. The molecule has 0 unspecified atom stereocenters. The molecule has 2 aromatic carbocycles. The lowest BCUT2D eigenvalue weighted by atomic mass is 10.2. The Hall–Kier alpha value is -3.54. The maximum Gasteiger partial charge on any atom is 0.248 e. The number of rotatable bonds is 6. The Kier molecular flexibility index (Phi) is 5.34. The summed E-state index contributed by atoms with van der Waals surface area (Å²) in [6.45, 7) is 0. The fourth-order valence-corrected chi connectivity index (χ4v) is 2.44. The average molecular weight is 349 g/mol. The minimum absolute atomic E-state index is 0.213. The number of anilines is 1. The number of benzene rings is 2. The Bertz CT molecular complexity index is 901. The van der Waals surface area contributed by atoms with Gasteiger partial charge in [-0.05, 0) is 48.0 Å². The van der Waals surface area contributed by atoms with E-state index in [0.29, 0.717) is 11.5 Å². The molecule has 0 radical (unpaired) electrons. The van der Waals surface area contributed by atoms with E-state index in [1.165, 1.54) is 6.08 Å². The van der Waals surface area contributed by atoms with Gasteiger partial charge in [-0.15, -0.1) is 0 Å². The third-order valence-corrected chi connectivity index (χ3v) is 3.77. The summed E-state index contributed by atoms with van der Waals surface area (Å²) < 4.78 is 12.3. The van der Waals surface area contributed by atoms with Gasteiger partial charge in [0.05, 0.1) is 20.5 Å². The van der Waals surface area contributed by atoms with Crippen LogP contribution in [0.1, 0.15) is 5.56 Å². The second-order valence-corrected chi connectivity index (χ2v) is 5.45. The van der Waals surface area contributed by atoms with Crippen molar-refractivity contribution in [1.82, 2.24) is 9.55 Å². The van der Waals surface area contributed by atoms with Gasteiger partial charge in [0, 0.05) is 29.8 Å². The van der Waals surface area contributed by atoms with Crippen LogP contribution in [0.4, 0.5) is 5.69 Å². The highest BCUT2D eigenvalue weighted by molar-refractivity contribution is 6.02. The number of carbonyl (C=O) groups is 1. The molecule has 3 rings (SSSR count). The lowest BCUT2D eigenvalue weighted by Crippen LogP contribution is -2.07. The van der Waals surface area contributed by atoms with Crippen molar-refractivity contribution in [3.8, 4) is 17.2 Å². The Balaban J connectivity index is 1.64. The van der Waals surface area contributed by atoms with Crippen LogP contribution in [0.2, 0.25) is 0 Å². The number of imidazole rings is 1. The quantitative estimate of drug-likeness (QED) is 0.691. The van der Waals surface area contributed by atoms with Crippen molar-refractivity contribution >= 4 is 17.7 Å². The number of aromatic nitrogens is 2. The predicted molar refractivity (Wildman–Crippen MR) is 101 cm³/mol. The predicted octanol–water partition coefficient (Wildman–Crippen LogP) is 3.54. The van der Waals surface area contributed by atoms with Crippen LogP contribution in [0.15, 0.2) is 67.3 Å². The van der Waals surface area contributed by atoms with E-state index in [-0.39, 0.29) is 5.91 Å². The summed E-state index contributed by atoms with van der Waals surface area (Å²) in [5, 5.41) is 2.83. The first-order chi connectivity index (χ1) is 12.7. The molecule has 6 nitrogen and oxygen atoms in total. The summed E-state index contributed by atoms with van der Waals surface area (Å²) in [5.74, 6) is 1.05. The number of amides is 1. The first-order valence-electron chi connectivity index (χ1n) is 7.99. The molecular formula is C20H19N3O3. The van der Waals surface area contributed by atoms with Gasteiger partial charge >= 0.3 is 0 Å². The van der Waals surface area contributed by atoms with Crippen LogP contribution in [0, 0.1) is 0 Å². The van der Waals surface area contributed by atoms with E-state index in [0.717, 1.165) is 16.9 Å². The van der Waals surface area contributed by atoms with Crippen molar-refractivity contribution in [2.75, 3.05) is 19.5 Å². The van der Waals surface area contributed by atoms with Crippen LogP contribution in [0.25, 0.3) is 11.8 Å². The van der Waals surface area contributed by atoms with Crippen molar-refractivity contribution in [1.29, 1.82) is 0 Å². The van der Waals surface area contributed by atoms with Crippen LogP contribution in [0.3, 0.4) is 0 Å². The zero-order chi connectivity index (χ0) is 18.4. The van der Waals surface area contributed by atoms with Crippen LogP contribution >= 0.6 is 0 Å². The normalized spacial score (nSPS) is 10.7. The number of nitrogens with one attached hydrogen (secondary N) is 1. The summed E-state index contributed by atoms with van der Waals surface area (Å²) in [6.07, 6.45) is 8.50. The van der Waals surface area contributed by atoms with Gasteiger partial charge in [0.25, 0.3) is 0 Å². The van der Waals surface area contributed by atoms with E-state index in [2.05, 4.69) is 10.3 Å². The van der Waals surface area contributed by atoms with Crippen molar-refractivity contribution in [3.05, 3.63) is 72.8 Å². The number of nitrogens with zero attached hydrogens (tertiary/aromatic N) is 2. The summed E-state index contributed by atoms with van der Waals surface area (Å²) in [5.41, 5.74) is 2.53. The van der Waals surface area contributed by atoms with E-state index >= 15 is 0 Å². The maximum absolute atomic E-state index is 12.1. The molecule has 1 N–H and O–H groups in total. The highest BCUT2D eigenvalue weighted by atomic mass is 16.5. The molecule has 3 aromatic rings. The molecular weight excluding hydrogens is 330 g/mol. The number of ether oxygens (including phenoxy) is 2. The monoisotopic (exact) mass is 349 g/mol. The van der Waals surface area contributed by atoms with E-state index in [9.17, 15) is 4.79 Å². The zero-order valence-electron chi connectivity index (χ0n) is 14.5. The molecule has 0 saturated heterocycles. The average Bonchev–Trinajstić information content (AvgIpc) is 3.21. The zero-order valence-corrected chi connectivity index (χ0v) is 14.5. The Morgan fingerprint density at radius 1 is 1.08 bits per heavy atom. The fraction of sp³-hybridized carbons (Fsp3) is 0.100. The van der Waals surface area contributed by atoms with E-state index in [4.69, 9.17) is 9.47 Å². The van der Waals surface area contributed by atoms with Crippen LogP contribution in [0.5, 0.6) is 11.5 Å². The van der Waals surface area contributed by atoms with Gasteiger partial charge in [0.2, 0.25) is 5.91 Å². The van der Waals surface area contributed by atoms with Crippen molar-refractivity contribution in [3.63, 3.8) is 0 Å². The molecule has 0 aliphatic heterocycles. The lowest BCUT2D eigenvalue weighted by molar-refractivity contribution is -0.111. The topological polar surface area (TPSA) is 65.4 Å². The molecule has 0 saturated carbocycles. The molecule has 6 heteroatoms. The fourth-order valence-electron chi connectivity index (χ4n) is 2.44. The molecule has 0 aliphatic rings. The highest BCUT2D eigenvalue weighted by Crippen LogP contribution is 2.28. The smallest absolute Gasteiger partial charge is 0.248 e. The molecule has 0 atom stereocenters. The Labute approximate surface area is 151 Å². The minimum Gasteiger partial charge on any atom is -0.493 e. The van der Waals surface area contributed by atoms with Gasteiger partial charge < -0.3 is 19.4 Å². The molecule has 0 spiro atoms. The molecule has 0 fully saturated rings. The molecule has 132 valence electrons. The number of hydrogen-bond donors (Lipinski definition) is 1. The van der Waals surface area contributed by atoms with Gasteiger partial charge in [-0.1, -0.05) is 6.07 Å². The second-order valence-electron chi connectivity index (χ2n) is 5.45. The third-order valence-electron chi connectivity index (χ3n) is 3.77. The van der Waals surface area contributed by atoms with Gasteiger partial charge in [0.15, 0.2) is 11.5 Å².